The van der Waals surface area contributed by atoms with Crippen molar-refractivity contribution in [2.45, 2.75) is 19.4 Å². The Morgan fingerprint density at radius 2 is 2.50 bits per heavy atom. The molecule has 1 amide bonds. The highest BCUT2D eigenvalue weighted by atomic mass is 16.2. The highest BCUT2D eigenvalue weighted by Gasteiger charge is 2.25. The summed E-state index contributed by atoms with van der Waals surface area (Å²) >= 11 is 0. The third-order valence-corrected chi connectivity index (χ3v) is 2.70. The fraction of sp³-hybridized carbons (Fsp3) is 0.500. The SMILES string of the molecule is Cc1[nH]ccc1C(=O)N1CC[C@@H](N)C1. The van der Waals surface area contributed by atoms with Crippen molar-refractivity contribution in [3.8, 4) is 0 Å². The molecular formula is C10H15N3O. The molecule has 0 unspecified atom stereocenters. The summed E-state index contributed by atoms with van der Waals surface area (Å²) in [5, 5.41) is 0. The number of aromatic amines is 1. The first-order chi connectivity index (χ1) is 6.68. The van der Waals surface area contributed by atoms with Gasteiger partial charge in [-0.3, -0.25) is 4.79 Å². The van der Waals surface area contributed by atoms with Crippen LogP contribution in [-0.4, -0.2) is 34.9 Å². The Kier molecular flexibility index (Phi) is 2.29. The first-order valence-electron chi connectivity index (χ1n) is 4.87. The maximum Gasteiger partial charge on any atom is 0.255 e. The normalized spacial score (nSPS) is 21.6. The second kappa shape index (κ2) is 3.46. The summed E-state index contributed by atoms with van der Waals surface area (Å²) in [4.78, 5) is 16.8. The molecule has 1 saturated heterocycles. The number of rotatable bonds is 1. The molecule has 0 radical (unpaired) electrons. The van der Waals surface area contributed by atoms with Crippen LogP contribution in [0.15, 0.2) is 12.3 Å². The molecular weight excluding hydrogens is 178 g/mol. The Hall–Kier alpha value is -1.29. The van der Waals surface area contributed by atoms with Gasteiger partial charge in [-0.05, 0) is 19.4 Å². The number of hydrogen-bond acceptors (Lipinski definition) is 2. The van der Waals surface area contributed by atoms with Gasteiger partial charge in [0.2, 0.25) is 0 Å². The number of nitrogens with zero attached hydrogens (tertiary/aromatic N) is 1. The van der Waals surface area contributed by atoms with Crippen molar-refractivity contribution in [2.75, 3.05) is 13.1 Å². The van der Waals surface area contributed by atoms with Crippen LogP contribution in [0.5, 0.6) is 0 Å². The van der Waals surface area contributed by atoms with Crippen LogP contribution < -0.4 is 5.73 Å². The lowest BCUT2D eigenvalue weighted by molar-refractivity contribution is 0.0790. The van der Waals surface area contributed by atoms with E-state index in [9.17, 15) is 4.79 Å². The van der Waals surface area contributed by atoms with Crippen LogP contribution in [0.3, 0.4) is 0 Å². The second-order valence-corrected chi connectivity index (χ2v) is 3.82. The largest absolute Gasteiger partial charge is 0.365 e. The molecule has 0 saturated carbocycles. The third kappa shape index (κ3) is 1.53. The van der Waals surface area contributed by atoms with Crippen molar-refractivity contribution < 1.29 is 4.79 Å². The highest BCUT2D eigenvalue weighted by Crippen LogP contribution is 2.14. The number of amides is 1. The van der Waals surface area contributed by atoms with Gasteiger partial charge in [0.15, 0.2) is 0 Å². The van der Waals surface area contributed by atoms with E-state index in [2.05, 4.69) is 4.98 Å². The summed E-state index contributed by atoms with van der Waals surface area (Å²) in [6.07, 6.45) is 2.70. The molecule has 1 fully saturated rings. The van der Waals surface area contributed by atoms with Gasteiger partial charge in [-0.25, -0.2) is 0 Å². The molecule has 1 atom stereocenters. The summed E-state index contributed by atoms with van der Waals surface area (Å²) in [7, 11) is 0. The highest BCUT2D eigenvalue weighted by molar-refractivity contribution is 5.95. The minimum Gasteiger partial charge on any atom is -0.365 e. The van der Waals surface area contributed by atoms with Crippen LogP contribution in [0.25, 0.3) is 0 Å². The quantitative estimate of drug-likeness (QED) is 0.682. The summed E-state index contributed by atoms with van der Waals surface area (Å²) < 4.78 is 0. The van der Waals surface area contributed by atoms with E-state index >= 15 is 0 Å². The fourth-order valence-corrected chi connectivity index (χ4v) is 1.83. The molecule has 0 aliphatic carbocycles. The average Bonchev–Trinajstić information content (AvgIpc) is 2.73. The van der Waals surface area contributed by atoms with Crippen molar-refractivity contribution in [1.29, 1.82) is 0 Å². The minimum absolute atomic E-state index is 0.0942. The number of aromatic nitrogens is 1. The topological polar surface area (TPSA) is 62.1 Å². The molecule has 0 spiro atoms. The van der Waals surface area contributed by atoms with Gasteiger partial charge < -0.3 is 15.6 Å². The van der Waals surface area contributed by atoms with Gasteiger partial charge >= 0.3 is 0 Å². The summed E-state index contributed by atoms with van der Waals surface area (Å²) in [5.41, 5.74) is 7.44. The van der Waals surface area contributed by atoms with Gasteiger partial charge in [0.05, 0.1) is 5.56 Å². The summed E-state index contributed by atoms with van der Waals surface area (Å²) in [5.74, 6) is 0.0942. The number of nitrogens with two attached hydrogens (primary N) is 1. The minimum atomic E-state index is 0.0942. The Morgan fingerprint density at radius 3 is 3.00 bits per heavy atom. The van der Waals surface area contributed by atoms with E-state index in [-0.39, 0.29) is 11.9 Å². The molecule has 1 aromatic heterocycles. The van der Waals surface area contributed by atoms with Crippen molar-refractivity contribution in [2.24, 2.45) is 5.73 Å². The van der Waals surface area contributed by atoms with Crippen molar-refractivity contribution in [1.82, 2.24) is 9.88 Å². The Balaban J connectivity index is 2.13. The molecule has 4 nitrogen and oxygen atoms in total. The summed E-state index contributed by atoms with van der Waals surface area (Å²) in [6.45, 7) is 3.37. The van der Waals surface area contributed by atoms with Gasteiger partial charge in [0, 0.05) is 31.0 Å². The van der Waals surface area contributed by atoms with Crippen molar-refractivity contribution >= 4 is 5.91 Å². The van der Waals surface area contributed by atoms with E-state index in [0.717, 1.165) is 24.2 Å². The first kappa shape index (κ1) is 9.27. The predicted octanol–water partition coefficient (Wildman–Crippen LogP) is 0.496. The zero-order valence-electron chi connectivity index (χ0n) is 8.29. The van der Waals surface area contributed by atoms with E-state index in [4.69, 9.17) is 5.73 Å². The van der Waals surface area contributed by atoms with Gasteiger partial charge in [-0.15, -0.1) is 0 Å². The lowest BCUT2D eigenvalue weighted by Crippen LogP contribution is -2.32. The van der Waals surface area contributed by atoms with Crippen LogP contribution in [0.2, 0.25) is 0 Å². The van der Waals surface area contributed by atoms with Crippen LogP contribution in [0.4, 0.5) is 0 Å². The molecule has 0 bridgehead atoms. The Bertz CT molecular complexity index is 345. The second-order valence-electron chi connectivity index (χ2n) is 3.82. The molecule has 2 rings (SSSR count). The van der Waals surface area contributed by atoms with Crippen LogP contribution in [-0.2, 0) is 0 Å². The molecule has 1 aliphatic heterocycles. The van der Waals surface area contributed by atoms with Crippen molar-refractivity contribution in [3.63, 3.8) is 0 Å². The summed E-state index contributed by atoms with van der Waals surface area (Å²) in [6, 6.07) is 1.97. The molecule has 76 valence electrons. The van der Waals surface area contributed by atoms with Gasteiger partial charge in [-0.1, -0.05) is 0 Å². The van der Waals surface area contributed by atoms with E-state index in [0.29, 0.717) is 6.54 Å². The third-order valence-electron chi connectivity index (χ3n) is 2.70. The lowest BCUT2D eigenvalue weighted by atomic mass is 10.2. The molecule has 14 heavy (non-hydrogen) atoms. The number of H-pyrrole nitrogens is 1. The van der Waals surface area contributed by atoms with Crippen LogP contribution >= 0.6 is 0 Å². The Morgan fingerprint density at radius 1 is 1.71 bits per heavy atom. The molecule has 3 N–H and O–H groups in total. The first-order valence-corrected chi connectivity index (χ1v) is 4.87. The number of hydrogen-bond donors (Lipinski definition) is 2. The smallest absolute Gasteiger partial charge is 0.255 e. The lowest BCUT2D eigenvalue weighted by Gasteiger charge is -2.15. The zero-order valence-corrected chi connectivity index (χ0v) is 8.29. The maximum atomic E-state index is 11.9. The van der Waals surface area contributed by atoms with Crippen LogP contribution in [0, 0.1) is 6.92 Å². The number of carbonyl (C=O) groups is 1. The Labute approximate surface area is 83.1 Å². The monoisotopic (exact) mass is 193 g/mol. The van der Waals surface area contributed by atoms with E-state index < -0.39 is 0 Å². The van der Waals surface area contributed by atoms with E-state index in [1.54, 1.807) is 6.20 Å². The average molecular weight is 193 g/mol. The number of carbonyl (C=O) groups excluding carboxylic acids is 1. The molecule has 1 aliphatic rings. The molecule has 1 aromatic rings. The predicted molar refractivity (Wildman–Crippen MR) is 54.0 cm³/mol. The number of likely N-dealkylation sites (tertiary alicyclic amines) is 1. The van der Waals surface area contributed by atoms with Gasteiger partial charge in [0.25, 0.3) is 5.91 Å². The van der Waals surface area contributed by atoms with Crippen LogP contribution in [0.1, 0.15) is 22.5 Å². The molecule has 4 heteroatoms. The van der Waals surface area contributed by atoms with Gasteiger partial charge in [-0.2, -0.15) is 0 Å². The van der Waals surface area contributed by atoms with E-state index in [1.807, 2.05) is 17.9 Å². The fourth-order valence-electron chi connectivity index (χ4n) is 1.83. The molecule has 0 aromatic carbocycles. The standard InChI is InChI=1S/C10H15N3O/c1-7-9(2-4-12-7)10(14)13-5-3-8(11)6-13/h2,4,8,12H,3,5-6,11H2,1H3/t8-/m1/s1. The van der Waals surface area contributed by atoms with Gasteiger partial charge in [0.1, 0.15) is 0 Å². The molecule has 2 heterocycles. The maximum absolute atomic E-state index is 11.9. The van der Waals surface area contributed by atoms with E-state index in [1.165, 1.54) is 0 Å². The van der Waals surface area contributed by atoms with Crippen molar-refractivity contribution in [3.05, 3.63) is 23.5 Å². The number of nitrogens with one attached hydrogen (secondary N) is 1. The zero-order chi connectivity index (χ0) is 10.1. The number of aryl methyl sites for hydroxylation is 1.